The van der Waals surface area contributed by atoms with Crippen LogP contribution >= 0.6 is 46.5 Å². The topological polar surface area (TPSA) is 16.4 Å². The predicted octanol–water partition coefficient (Wildman–Crippen LogP) is 9.99. The van der Waals surface area contributed by atoms with Crippen LogP contribution in [-0.2, 0) is 10.7 Å². The number of thiazole rings is 1. The standard InChI is InChI=1S/C33H33N2OS4/c1-4-34-27-20-25(40-36-3)10-11-29(27)38-31(34)18-21-6-8-23-9-7-22(17-24(23)16-21)19-32-35(5-2)33-26-14-15-37-28(26)12-13-30(33)39-32/h10-20,23H,4-9H2,1-3H3/q+1. The van der Waals surface area contributed by atoms with Crippen molar-refractivity contribution in [1.29, 1.82) is 0 Å². The van der Waals surface area contributed by atoms with Gasteiger partial charge in [-0.15, -0.1) is 11.3 Å². The van der Waals surface area contributed by atoms with Crippen LogP contribution in [-0.4, -0.2) is 13.7 Å². The van der Waals surface area contributed by atoms with Gasteiger partial charge >= 0.3 is 0 Å². The fourth-order valence-corrected chi connectivity index (χ4v) is 9.95. The van der Waals surface area contributed by atoms with E-state index in [-0.39, 0.29) is 0 Å². The minimum absolute atomic E-state index is 0.690. The summed E-state index contributed by atoms with van der Waals surface area (Å²) in [6.45, 7) is 6.47. The molecule has 0 bridgehead atoms. The Morgan fingerprint density at radius 3 is 2.77 bits per heavy atom. The van der Waals surface area contributed by atoms with Gasteiger partial charge in [0.25, 0.3) is 5.01 Å². The predicted molar refractivity (Wildman–Crippen MR) is 175 cm³/mol. The zero-order valence-corrected chi connectivity index (χ0v) is 26.4. The van der Waals surface area contributed by atoms with E-state index in [0.717, 1.165) is 24.4 Å². The number of thioether (sulfide) groups is 1. The van der Waals surface area contributed by atoms with E-state index in [1.54, 1.807) is 7.11 Å². The fraction of sp³-hybridized carbons (Fsp3) is 0.303. The van der Waals surface area contributed by atoms with Gasteiger partial charge in [-0.1, -0.05) is 35.3 Å². The molecule has 3 aliphatic rings. The number of benzene rings is 2. The monoisotopic (exact) mass is 601 g/mol. The van der Waals surface area contributed by atoms with Crippen molar-refractivity contribution in [2.24, 2.45) is 5.92 Å². The lowest BCUT2D eigenvalue weighted by atomic mass is 9.77. The molecule has 0 radical (unpaired) electrons. The fourth-order valence-electron chi connectivity index (χ4n) is 6.29. The molecule has 4 aromatic rings. The Morgan fingerprint density at radius 2 is 1.93 bits per heavy atom. The minimum atomic E-state index is 0.690. The molecule has 7 rings (SSSR count). The molecule has 7 heteroatoms. The molecule has 3 heterocycles. The summed E-state index contributed by atoms with van der Waals surface area (Å²) in [7, 11) is 1.73. The third-order valence-corrected chi connectivity index (χ3v) is 11.9. The Labute approximate surface area is 253 Å². The summed E-state index contributed by atoms with van der Waals surface area (Å²) in [6.07, 6.45) is 14.7. The van der Waals surface area contributed by atoms with Crippen molar-refractivity contribution in [1.82, 2.24) is 0 Å². The maximum Gasteiger partial charge on any atom is 0.263 e. The second kappa shape index (κ2) is 11.2. The van der Waals surface area contributed by atoms with Crippen molar-refractivity contribution in [3.8, 4) is 0 Å². The molecule has 0 fully saturated rings. The summed E-state index contributed by atoms with van der Waals surface area (Å²) in [6, 6.07) is 13.5. The molecular formula is C33H33N2OS4+. The number of aryl methyl sites for hydroxylation is 1. The number of hydrogen-bond donors (Lipinski definition) is 0. The van der Waals surface area contributed by atoms with Crippen molar-refractivity contribution in [2.45, 2.75) is 55.9 Å². The van der Waals surface area contributed by atoms with E-state index in [2.05, 4.69) is 89.4 Å². The van der Waals surface area contributed by atoms with E-state index in [0.29, 0.717) is 5.92 Å². The van der Waals surface area contributed by atoms with Gasteiger partial charge in [-0.05, 0) is 110 Å². The van der Waals surface area contributed by atoms with E-state index in [1.165, 1.54) is 88.9 Å². The number of allylic oxidation sites excluding steroid dienone is 6. The summed E-state index contributed by atoms with van der Waals surface area (Å²) < 4.78 is 10.6. The Balaban J connectivity index is 1.20. The lowest BCUT2D eigenvalue weighted by Crippen LogP contribution is -2.33. The molecule has 1 atom stereocenters. The Bertz CT molecular complexity index is 1740. The van der Waals surface area contributed by atoms with Gasteiger partial charge in [0.1, 0.15) is 11.2 Å². The zero-order chi connectivity index (χ0) is 27.2. The first-order valence-electron chi connectivity index (χ1n) is 14.1. The summed E-state index contributed by atoms with van der Waals surface area (Å²) in [5.74, 6) is 0.690. The molecular weight excluding hydrogens is 569 g/mol. The molecule has 1 aliphatic heterocycles. The highest BCUT2D eigenvalue weighted by atomic mass is 32.2. The van der Waals surface area contributed by atoms with Crippen LogP contribution in [0.5, 0.6) is 0 Å². The lowest BCUT2D eigenvalue weighted by molar-refractivity contribution is -0.664. The molecule has 1 unspecified atom stereocenters. The average molecular weight is 602 g/mol. The van der Waals surface area contributed by atoms with Crippen LogP contribution in [0.2, 0.25) is 0 Å². The molecule has 204 valence electrons. The number of rotatable bonds is 6. The SMILES string of the molecule is CCN1/C(=C/C2=CC3=C/C(=C/c4sc5ccc6sccc6c5[n+]4CC)CCC3CC2)Sc2ccc(SOC)cc21. The first-order valence-corrected chi connectivity index (χ1v) is 17.4. The second-order valence-corrected chi connectivity index (χ2v) is 14.5. The van der Waals surface area contributed by atoms with Gasteiger partial charge in [0, 0.05) is 39.2 Å². The van der Waals surface area contributed by atoms with E-state index in [4.69, 9.17) is 4.18 Å². The third-order valence-electron chi connectivity index (χ3n) is 8.19. The minimum Gasteiger partial charge on any atom is -0.335 e. The molecule has 0 amide bonds. The Kier molecular flexibility index (Phi) is 7.43. The Morgan fingerprint density at radius 1 is 1.05 bits per heavy atom. The molecule has 2 aliphatic carbocycles. The summed E-state index contributed by atoms with van der Waals surface area (Å²) >= 11 is 7.09. The van der Waals surface area contributed by atoms with Gasteiger partial charge in [0.2, 0.25) is 5.52 Å². The molecule has 40 heavy (non-hydrogen) atoms. The molecule has 0 saturated heterocycles. The normalized spacial score (nSPS) is 20.9. The van der Waals surface area contributed by atoms with Crippen LogP contribution in [0.15, 0.2) is 91.5 Å². The van der Waals surface area contributed by atoms with Crippen LogP contribution in [0.25, 0.3) is 26.4 Å². The number of anilines is 1. The molecule has 0 N–H and O–H groups in total. The zero-order valence-electron chi connectivity index (χ0n) is 23.1. The van der Waals surface area contributed by atoms with Gasteiger partial charge < -0.3 is 9.08 Å². The van der Waals surface area contributed by atoms with E-state index < -0.39 is 0 Å². The van der Waals surface area contributed by atoms with Crippen LogP contribution in [0.3, 0.4) is 0 Å². The number of aromatic nitrogens is 1. The molecule has 0 saturated carbocycles. The van der Waals surface area contributed by atoms with Crippen molar-refractivity contribution in [2.75, 3.05) is 18.6 Å². The van der Waals surface area contributed by atoms with Gasteiger partial charge in [-0.3, -0.25) is 0 Å². The average Bonchev–Trinajstić information content (AvgIpc) is 3.67. The highest BCUT2D eigenvalue weighted by Crippen LogP contribution is 2.48. The smallest absolute Gasteiger partial charge is 0.263 e. The van der Waals surface area contributed by atoms with Crippen LogP contribution in [0.1, 0.15) is 44.5 Å². The van der Waals surface area contributed by atoms with Crippen molar-refractivity contribution in [3.05, 3.63) is 86.8 Å². The summed E-state index contributed by atoms with van der Waals surface area (Å²) in [5.41, 5.74) is 7.13. The lowest BCUT2D eigenvalue weighted by Gasteiger charge is -2.28. The number of fused-ring (bicyclic) bond motifs is 5. The number of thiophene rings is 1. The van der Waals surface area contributed by atoms with Gasteiger partial charge in [0.05, 0.1) is 23.2 Å². The summed E-state index contributed by atoms with van der Waals surface area (Å²) in [4.78, 5) is 4.93. The molecule has 2 aromatic carbocycles. The highest BCUT2D eigenvalue weighted by molar-refractivity contribution is 8.03. The molecule has 2 aromatic heterocycles. The van der Waals surface area contributed by atoms with Crippen molar-refractivity contribution < 1.29 is 8.75 Å². The van der Waals surface area contributed by atoms with Crippen molar-refractivity contribution >= 4 is 78.5 Å². The van der Waals surface area contributed by atoms with E-state index in [1.807, 2.05) is 34.4 Å². The highest BCUT2D eigenvalue weighted by Gasteiger charge is 2.28. The first-order chi connectivity index (χ1) is 19.6. The van der Waals surface area contributed by atoms with Crippen LogP contribution in [0.4, 0.5) is 5.69 Å². The third kappa shape index (κ3) is 4.80. The summed E-state index contributed by atoms with van der Waals surface area (Å²) in [5, 5.41) is 6.31. The number of hydrogen-bond acceptors (Lipinski definition) is 6. The molecule has 3 nitrogen and oxygen atoms in total. The van der Waals surface area contributed by atoms with Crippen LogP contribution < -0.4 is 9.47 Å². The van der Waals surface area contributed by atoms with E-state index in [9.17, 15) is 0 Å². The first kappa shape index (κ1) is 26.6. The quantitative estimate of drug-likeness (QED) is 0.161. The maximum absolute atomic E-state index is 5.30. The maximum atomic E-state index is 5.30. The van der Waals surface area contributed by atoms with Gasteiger partial charge in [-0.2, -0.15) is 4.57 Å². The largest absolute Gasteiger partial charge is 0.335 e. The van der Waals surface area contributed by atoms with E-state index >= 15 is 0 Å². The number of nitrogens with zero attached hydrogens (tertiary/aromatic N) is 2. The molecule has 0 spiro atoms. The van der Waals surface area contributed by atoms with Gasteiger partial charge in [-0.25, -0.2) is 0 Å². The van der Waals surface area contributed by atoms with Crippen molar-refractivity contribution in [3.63, 3.8) is 0 Å². The van der Waals surface area contributed by atoms with Gasteiger partial charge in [0.15, 0.2) is 0 Å². The Hall–Kier alpha value is -2.29. The second-order valence-electron chi connectivity index (χ2n) is 10.5. The van der Waals surface area contributed by atoms with Crippen LogP contribution in [0, 0.1) is 5.92 Å².